The lowest BCUT2D eigenvalue weighted by atomic mass is 10.2. The monoisotopic (exact) mass is 397 g/mol. The third kappa shape index (κ3) is 5.34. The zero-order valence-corrected chi connectivity index (χ0v) is 15.4. The lowest BCUT2D eigenvalue weighted by Gasteiger charge is -2.08. The van der Waals surface area contributed by atoms with Gasteiger partial charge in [0, 0.05) is 24.0 Å². The average Bonchev–Trinajstić information content (AvgIpc) is 2.77. The molecular formula is C19H17F2N7O. The van der Waals surface area contributed by atoms with E-state index in [4.69, 9.17) is 10.6 Å². The molecule has 148 valence electrons. The van der Waals surface area contributed by atoms with Crippen LogP contribution in [0.25, 0.3) is 11.4 Å². The molecule has 3 aromatic rings. The Morgan fingerprint density at radius 3 is 2.45 bits per heavy atom. The summed E-state index contributed by atoms with van der Waals surface area (Å²) < 4.78 is 31.0. The van der Waals surface area contributed by atoms with Crippen molar-refractivity contribution >= 4 is 17.1 Å². The summed E-state index contributed by atoms with van der Waals surface area (Å²) in [5.41, 5.74) is 2.40. The number of hydrogen-bond donors (Lipinski definition) is 1. The van der Waals surface area contributed by atoms with Gasteiger partial charge in [0.1, 0.15) is 23.7 Å². The van der Waals surface area contributed by atoms with Gasteiger partial charge >= 0.3 is 0 Å². The zero-order valence-electron chi connectivity index (χ0n) is 15.4. The second-order valence-corrected chi connectivity index (χ2v) is 5.80. The highest BCUT2D eigenvalue weighted by molar-refractivity contribution is 6.42. The quantitative estimate of drug-likeness (QED) is 0.372. The molecule has 2 aromatic heterocycles. The van der Waals surface area contributed by atoms with Crippen LogP contribution in [0.5, 0.6) is 5.88 Å². The van der Waals surface area contributed by atoms with Crippen molar-refractivity contribution in [2.75, 3.05) is 6.61 Å². The van der Waals surface area contributed by atoms with Crippen molar-refractivity contribution in [1.82, 2.24) is 20.2 Å². The van der Waals surface area contributed by atoms with Gasteiger partial charge in [-0.1, -0.05) is 12.1 Å². The van der Waals surface area contributed by atoms with Gasteiger partial charge in [-0.25, -0.2) is 13.8 Å². The van der Waals surface area contributed by atoms with Crippen molar-refractivity contribution in [3.8, 4) is 17.3 Å². The Kier molecular flexibility index (Phi) is 6.46. The van der Waals surface area contributed by atoms with Crippen molar-refractivity contribution in [3.63, 3.8) is 0 Å². The fraction of sp³-hybridized carbons (Fsp3) is 0.158. The second-order valence-electron chi connectivity index (χ2n) is 5.80. The first kappa shape index (κ1) is 19.9. The number of aliphatic imine (C=N–C) groups is 1. The predicted molar refractivity (Wildman–Crippen MR) is 104 cm³/mol. The normalized spacial score (nSPS) is 12.3. The summed E-state index contributed by atoms with van der Waals surface area (Å²) in [6, 6.07) is 8.94. The molecule has 1 aromatic carbocycles. The van der Waals surface area contributed by atoms with E-state index in [1.54, 1.807) is 37.6 Å². The third-order valence-corrected chi connectivity index (χ3v) is 3.84. The molecule has 0 atom stereocenters. The van der Waals surface area contributed by atoms with Gasteiger partial charge in [0.25, 0.3) is 6.43 Å². The minimum Gasteiger partial charge on any atom is -0.470 e. The zero-order chi connectivity index (χ0) is 20.6. The van der Waals surface area contributed by atoms with E-state index in [2.05, 4.69) is 30.3 Å². The van der Waals surface area contributed by atoms with Gasteiger partial charge in [-0.15, -0.1) is 10.2 Å². The Morgan fingerprint density at radius 2 is 1.86 bits per heavy atom. The maximum Gasteiger partial charge on any atom is 0.263 e. The molecule has 2 N–H and O–H groups in total. The lowest BCUT2D eigenvalue weighted by Crippen LogP contribution is -2.21. The van der Waals surface area contributed by atoms with E-state index in [0.717, 1.165) is 0 Å². The second kappa shape index (κ2) is 9.40. The molecule has 0 aliphatic carbocycles. The number of ether oxygens (including phenoxy) is 1. The van der Waals surface area contributed by atoms with Crippen molar-refractivity contribution in [2.45, 2.75) is 13.3 Å². The van der Waals surface area contributed by atoms with Crippen LogP contribution in [0, 0.1) is 0 Å². The molecule has 0 aliphatic rings. The maximum absolute atomic E-state index is 12.7. The molecule has 0 unspecified atom stereocenters. The fourth-order valence-corrected chi connectivity index (χ4v) is 2.25. The molecule has 0 fully saturated rings. The van der Waals surface area contributed by atoms with Crippen LogP contribution in [0.3, 0.4) is 0 Å². The minimum absolute atomic E-state index is 0.0162. The van der Waals surface area contributed by atoms with Crippen LogP contribution in [-0.4, -0.2) is 38.2 Å². The molecule has 0 amide bonds. The number of benzene rings is 1. The molecular weight excluding hydrogens is 380 g/mol. The number of aromatic nitrogens is 4. The van der Waals surface area contributed by atoms with Gasteiger partial charge in [-0.2, -0.15) is 5.10 Å². The van der Waals surface area contributed by atoms with Crippen LogP contribution in [0.4, 0.5) is 14.5 Å². The molecule has 8 nitrogen and oxygen atoms in total. The molecule has 0 aliphatic heterocycles. The van der Waals surface area contributed by atoms with Gasteiger partial charge in [0.2, 0.25) is 5.88 Å². The van der Waals surface area contributed by atoms with Crippen molar-refractivity contribution in [2.24, 2.45) is 15.9 Å². The van der Waals surface area contributed by atoms with Crippen molar-refractivity contribution in [3.05, 3.63) is 60.6 Å². The van der Waals surface area contributed by atoms with Crippen molar-refractivity contribution in [1.29, 1.82) is 0 Å². The molecule has 10 heteroatoms. The third-order valence-electron chi connectivity index (χ3n) is 3.84. The van der Waals surface area contributed by atoms with Crippen LogP contribution in [0.2, 0.25) is 0 Å². The van der Waals surface area contributed by atoms with E-state index < -0.39 is 6.43 Å². The Labute approximate surface area is 165 Å². The smallest absolute Gasteiger partial charge is 0.263 e. The molecule has 0 saturated heterocycles. The summed E-state index contributed by atoms with van der Waals surface area (Å²) in [5, 5.41) is 11.7. The van der Waals surface area contributed by atoms with Gasteiger partial charge < -0.3 is 10.6 Å². The van der Waals surface area contributed by atoms with Crippen LogP contribution < -0.4 is 10.6 Å². The molecule has 0 saturated carbocycles. The summed E-state index contributed by atoms with van der Waals surface area (Å²) in [5.74, 6) is 5.62. The highest BCUT2D eigenvalue weighted by Gasteiger charge is 2.10. The van der Waals surface area contributed by atoms with E-state index in [1.807, 2.05) is 0 Å². The average molecular weight is 397 g/mol. The van der Waals surface area contributed by atoms with Gasteiger partial charge in [-0.3, -0.25) is 9.97 Å². The van der Waals surface area contributed by atoms with Crippen LogP contribution in [-0.2, 0) is 0 Å². The Morgan fingerprint density at radius 1 is 1.07 bits per heavy atom. The van der Waals surface area contributed by atoms with E-state index >= 15 is 0 Å². The summed E-state index contributed by atoms with van der Waals surface area (Å²) in [7, 11) is 0. The standard InChI is InChI=1S/C19H17F2N7O/c1-12(26-22)17(25-14-4-2-13(3-5-14)19(20)21)11-29-18-7-6-15(27-28-18)16-10-23-8-9-24-16/h2-10,19H,11,22H2,1H3. The number of hydrogen-bond acceptors (Lipinski definition) is 8. The molecule has 0 bridgehead atoms. The van der Waals surface area contributed by atoms with E-state index in [1.165, 1.54) is 24.3 Å². The molecule has 3 rings (SSSR count). The maximum atomic E-state index is 12.7. The first-order chi connectivity index (χ1) is 14.1. The number of halogens is 2. The molecule has 29 heavy (non-hydrogen) atoms. The molecule has 2 heterocycles. The Hall–Kier alpha value is -3.82. The predicted octanol–water partition coefficient (Wildman–Crippen LogP) is 3.36. The number of hydrazone groups is 1. The lowest BCUT2D eigenvalue weighted by molar-refractivity contribution is 0.151. The van der Waals surface area contributed by atoms with Gasteiger partial charge in [0.05, 0.1) is 17.6 Å². The fourth-order valence-electron chi connectivity index (χ4n) is 2.25. The van der Waals surface area contributed by atoms with E-state index in [-0.39, 0.29) is 18.1 Å². The first-order valence-corrected chi connectivity index (χ1v) is 8.50. The molecule has 0 spiro atoms. The topological polar surface area (TPSA) is 112 Å². The molecule has 0 radical (unpaired) electrons. The largest absolute Gasteiger partial charge is 0.470 e. The number of nitrogens with two attached hydrogens (primary N) is 1. The summed E-state index contributed by atoms with van der Waals surface area (Å²) in [6.07, 6.45) is 2.17. The van der Waals surface area contributed by atoms with Crippen LogP contribution in [0.15, 0.2) is 65.1 Å². The van der Waals surface area contributed by atoms with Gasteiger partial charge in [-0.05, 0) is 25.1 Å². The van der Waals surface area contributed by atoms with Gasteiger partial charge in [0.15, 0.2) is 0 Å². The van der Waals surface area contributed by atoms with Crippen molar-refractivity contribution < 1.29 is 13.5 Å². The van der Waals surface area contributed by atoms with Crippen LogP contribution in [0.1, 0.15) is 18.9 Å². The highest BCUT2D eigenvalue weighted by Crippen LogP contribution is 2.22. The Balaban J connectivity index is 1.72. The summed E-state index contributed by atoms with van der Waals surface area (Å²) >= 11 is 0. The first-order valence-electron chi connectivity index (χ1n) is 8.50. The number of nitrogens with zero attached hydrogens (tertiary/aromatic N) is 6. The summed E-state index contributed by atoms with van der Waals surface area (Å²) in [6.45, 7) is 1.68. The minimum atomic E-state index is -2.54. The number of alkyl halides is 2. The van der Waals surface area contributed by atoms with Crippen LogP contribution >= 0.6 is 0 Å². The Bertz CT molecular complexity index is 991. The number of rotatable bonds is 7. The SMILES string of the molecule is CC(=NN)C(COc1ccc(-c2cnccn2)nn1)=Nc1ccc(C(F)F)cc1. The highest BCUT2D eigenvalue weighted by atomic mass is 19.3. The van der Waals surface area contributed by atoms with E-state index in [0.29, 0.717) is 28.5 Å². The summed E-state index contributed by atoms with van der Waals surface area (Å²) in [4.78, 5) is 12.5. The van der Waals surface area contributed by atoms with E-state index in [9.17, 15) is 8.78 Å².